The van der Waals surface area contributed by atoms with Crippen LogP contribution in [0.3, 0.4) is 0 Å². The quantitative estimate of drug-likeness (QED) is 0.802. The van der Waals surface area contributed by atoms with Crippen LogP contribution in [-0.2, 0) is 9.53 Å². The van der Waals surface area contributed by atoms with E-state index in [0.29, 0.717) is 11.3 Å². The highest BCUT2D eigenvalue weighted by atomic mass is 79.9. The molecule has 0 aliphatic heterocycles. The molecule has 0 aromatic heterocycles. The molecular formula is C13H14BrNO3. The minimum absolute atomic E-state index is 0.0485. The van der Waals surface area contributed by atoms with Gasteiger partial charge < -0.3 is 9.47 Å². The van der Waals surface area contributed by atoms with Crippen LogP contribution in [-0.4, -0.2) is 19.2 Å². The van der Waals surface area contributed by atoms with E-state index in [2.05, 4.69) is 20.7 Å². The first-order valence-electron chi connectivity index (χ1n) is 5.43. The highest BCUT2D eigenvalue weighted by Crippen LogP contribution is 2.25. The molecule has 0 saturated heterocycles. The maximum absolute atomic E-state index is 11.6. The molecule has 0 aliphatic carbocycles. The van der Waals surface area contributed by atoms with Crippen molar-refractivity contribution in [1.82, 2.24) is 0 Å². The molecule has 0 spiro atoms. The molecule has 1 aromatic carbocycles. The van der Waals surface area contributed by atoms with Crippen molar-refractivity contribution in [1.29, 1.82) is 5.26 Å². The number of esters is 1. The van der Waals surface area contributed by atoms with E-state index in [-0.39, 0.29) is 5.92 Å². The largest absolute Gasteiger partial charge is 0.477 e. The summed E-state index contributed by atoms with van der Waals surface area (Å²) in [6.07, 6.45) is -0.719. The number of hydrogen-bond acceptors (Lipinski definition) is 4. The molecule has 0 unspecified atom stereocenters. The van der Waals surface area contributed by atoms with Gasteiger partial charge in [0.2, 0.25) is 0 Å². The first-order chi connectivity index (χ1) is 8.49. The Kier molecular flexibility index (Phi) is 5.17. The van der Waals surface area contributed by atoms with Crippen molar-refractivity contribution in [3.05, 3.63) is 28.2 Å². The van der Waals surface area contributed by atoms with Crippen LogP contribution in [0.25, 0.3) is 0 Å². The predicted octanol–water partition coefficient (Wildman–Crippen LogP) is 2.90. The summed E-state index contributed by atoms with van der Waals surface area (Å²) in [6, 6.07) is 7.08. The van der Waals surface area contributed by atoms with Crippen molar-refractivity contribution in [2.75, 3.05) is 7.11 Å². The van der Waals surface area contributed by atoms with Crippen molar-refractivity contribution in [3.63, 3.8) is 0 Å². The molecule has 1 aromatic rings. The second-order valence-corrected chi connectivity index (χ2v) is 4.97. The van der Waals surface area contributed by atoms with E-state index >= 15 is 0 Å². The van der Waals surface area contributed by atoms with Gasteiger partial charge in [-0.3, -0.25) is 0 Å². The van der Waals surface area contributed by atoms with E-state index in [1.807, 2.05) is 19.9 Å². The van der Waals surface area contributed by atoms with Crippen LogP contribution < -0.4 is 4.74 Å². The van der Waals surface area contributed by atoms with Gasteiger partial charge >= 0.3 is 5.97 Å². The van der Waals surface area contributed by atoms with Crippen molar-refractivity contribution < 1.29 is 14.3 Å². The zero-order valence-electron chi connectivity index (χ0n) is 10.4. The Morgan fingerprint density at radius 3 is 2.61 bits per heavy atom. The lowest BCUT2D eigenvalue weighted by atomic mass is 10.1. The van der Waals surface area contributed by atoms with Crippen molar-refractivity contribution in [2.45, 2.75) is 20.0 Å². The number of hydrogen-bond donors (Lipinski definition) is 0. The van der Waals surface area contributed by atoms with Gasteiger partial charge in [-0.15, -0.1) is 0 Å². The fraction of sp³-hybridized carbons (Fsp3) is 0.385. The van der Waals surface area contributed by atoms with Gasteiger partial charge in [0.25, 0.3) is 0 Å². The van der Waals surface area contributed by atoms with E-state index in [1.54, 1.807) is 18.2 Å². The van der Waals surface area contributed by atoms with Crippen molar-refractivity contribution >= 4 is 21.9 Å². The molecule has 0 N–H and O–H groups in total. The molecule has 0 amide bonds. The third-order valence-corrected chi connectivity index (χ3v) is 2.85. The highest BCUT2D eigenvalue weighted by molar-refractivity contribution is 9.10. The summed E-state index contributed by atoms with van der Waals surface area (Å²) in [5.74, 6) is -0.116. The Hall–Kier alpha value is -1.54. The third kappa shape index (κ3) is 3.47. The Morgan fingerprint density at radius 2 is 2.11 bits per heavy atom. The summed E-state index contributed by atoms with van der Waals surface area (Å²) in [6.45, 7) is 3.71. The normalized spacial score (nSPS) is 11.8. The van der Waals surface area contributed by atoms with Crippen LogP contribution in [0.4, 0.5) is 0 Å². The molecule has 0 radical (unpaired) electrons. The number of methoxy groups -OCH3 is 1. The van der Waals surface area contributed by atoms with Gasteiger partial charge in [-0.25, -0.2) is 4.79 Å². The lowest BCUT2D eigenvalue weighted by Gasteiger charge is -2.20. The Bertz CT molecular complexity index is 480. The molecule has 0 fully saturated rings. The lowest BCUT2D eigenvalue weighted by molar-refractivity contribution is -0.150. The van der Waals surface area contributed by atoms with Gasteiger partial charge in [0.05, 0.1) is 12.7 Å². The van der Waals surface area contributed by atoms with Gasteiger partial charge in [-0.1, -0.05) is 29.8 Å². The van der Waals surface area contributed by atoms with Crippen molar-refractivity contribution in [2.24, 2.45) is 5.92 Å². The molecule has 96 valence electrons. The van der Waals surface area contributed by atoms with Gasteiger partial charge in [-0.2, -0.15) is 5.26 Å². The molecule has 1 atom stereocenters. The summed E-state index contributed by atoms with van der Waals surface area (Å²) in [7, 11) is 1.31. The van der Waals surface area contributed by atoms with E-state index < -0.39 is 12.1 Å². The Labute approximate surface area is 115 Å². The topological polar surface area (TPSA) is 59.3 Å². The minimum atomic E-state index is -0.719. The average Bonchev–Trinajstić information content (AvgIpc) is 2.35. The van der Waals surface area contributed by atoms with Crippen molar-refractivity contribution in [3.8, 4) is 11.8 Å². The number of benzene rings is 1. The number of nitrogens with zero attached hydrogens (tertiary/aromatic N) is 1. The number of ether oxygens (including phenoxy) is 2. The van der Waals surface area contributed by atoms with Crippen LogP contribution in [0, 0.1) is 17.2 Å². The third-order valence-electron chi connectivity index (χ3n) is 2.35. The van der Waals surface area contributed by atoms with Crippen LogP contribution in [0.1, 0.15) is 19.4 Å². The molecule has 0 bridgehead atoms. The van der Waals surface area contributed by atoms with Gasteiger partial charge in [0.1, 0.15) is 11.8 Å². The Morgan fingerprint density at radius 1 is 1.44 bits per heavy atom. The predicted molar refractivity (Wildman–Crippen MR) is 70.1 cm³/mol. The molecule has 1 rings (SSSR count). The van der Waals surface area contributed by atoms with Gasteiger partial charge in [0.15, 0.2) is 6.10 Å². The standard InChI is InChI=1S/C13H14BrNO3/c1-8(2)12(13(16)17-3)18-11-5-4-10(14)6-9(11)7-15/h4-6,8,12H,1-3H3/t12-/m0/s1. The average molecular weight is 312 g/mol. The Balaban J connectivity index is 3.01. The minimum Gasteiger partial charge on any atom is -0.477 e. The summed E-state index contributed by atoms with van der Waals surface area (Å²) < 4.78 is 11.1. The molecule has 0 aliphatic rings. The second kappa shape index (κ2) is 6.41. The number of nitriles is 1. The summed E-state index contributed by atoms with van der Waals surface area (Å²) >= 11 is 3.28. The molecule has 0 heterocycles. The zero-order chi connectivity index (χ0) is 13.7. The number of carbonyl (C=O) groups is 1. The SMILES string of the molecule is COC(=O)[C@@H](Oc1ccc(Br)cc1C#N)C(C)C. The molecule has 18 heavy (non-hydrogen) atoms. The first kappa shape index (κ1) is 14.5. The van der Waals surface area contributed by atoms with Gasteiger partial charge in [0, 0.05) is 10.4 Å². The number of rotatable bonds is 4. The second-order valence-electron chi connectivity index (χ2n) is 4.06. The monoisotopic (exact) mass is 311 g/mol. The summed E-state index contributed by atoms with van der Waals surface area (Å²) in [5, 5.41) is 9.02. The summed E-state index contributed by atoms with van der Waals surface area (Å²) in [5.41, 5.74) is 0.374. The smallest absolute Gasteiger partial charge is 0.347 e. The molecule has 0 saturated carbocycles. The zero-order valence-corrected chi connectivity index (χ0v) is 12.0. The first-order valence-corrected chi connectivity index (χ1v) is 6.23. The lowest BCUT2D eigenvalue weighted by Crippen LogP contribution is -2.33. The molecule has 4 nitrogen and oxygen atoms in total. The number of halogens is 1. The van der Waals surface area contributed by atoms with E-state index in [0.717, 1.165) is 4.47 Å². The fourth-order valence-electron chi connectivity index (χ4n) is 1.40. The van der Waals surface area contributed by atoms with Crippen LogP contribution in [0.2, 0.25) is 0 Å². The van der Waals surface area contributed by atoms with Crippen LogP contribution in [0.15, 0.2) is 22.7 Å². The van der Waals surface area contributed by atoms with E-state index in [9.17, 15) is 4.79 Å². The summed E-state index contributed by atoms with van der Waals surface area (Å²) in [4.78, 5) is 11.6. The van der Waals surface area contributed by atoms with Crippen LogP contribution >= 0.6 is 15.9 Å². The van der Waals surface area contributed by atoms with E-state index in [4.69, 9.17) is 10.00 Å². The molecule has 5 heteroatoms. The maximum Gasteiger partial charge on any atom is 0.347 e. The van der Waals surface area contributed by atoms with E-state index in [1.165, 1.54) is 7.11 Å². The molecular weight excluding hydrogens is 298 g/mol. The number of carbonyl (C=O) groups excluding carboxylic acids is 1. The highest BCUT2D eigenvalue weighted by Gasteiger charge is 2.26. The maximum atomic E-state index is 11.6. The fourth-order valence-corrected chi connectivity index (χ4v) is 1.76. The van der Waals surface area contributed by atoms with Crippen LogP contribution in [0.5, 0.6) is 5.75 Å². The van der Waals surface area contributed by atoms with Gasteiger partial charge in [-0.05, 0) is 18.2 Å².